The summed E-state index contributed by atoms with van der Waals surface area (Å²) >= 11 is 1.01. The molecule has 0 unspecified atom stereocenters. The molecule has 0 aliphatic carbocycles. The molecule has 76 valence electrons. The third-order valence-electron chi connectivity index (χ3n) is 1.47. The topological polar surface area (TPSA) is 83.0 Å². The van der Waals surface area contributed by atoms with Crippen molar-refractivity contribution in [1.29, 1.82) is 0 Å². The van der Waals surface area contributed by atoms with Gasteiger partial charge in [0.05, 0.1) is 5.75 Å². The number of nitrogens with zero attached hydrogens (tertiary/aromatic N) is 1. The molecule has 0 bridgehead atoms. The number of hydrogen-bond donors (Lipinski definition) is 2. The third-order valence-corrected chi connectivity index (χ3v) is 2.33. The summed E-state index contributed by atoms with van der Waals surface area (Å²) in [6.07, 6.45) is 0.657. The summed E-state index contributed by atoms with van der Waals surface area (Å²) in [6, 6.07) is 1.41. The Kier molecular flexibility index (Phi) is 3.70. The predicted molar refractivity (Wildman–Crippen MR) is 52.6 cm³/mol. The summed E-state index contributed by atoms with van der Waals surface area (Å²) in [7, 11) is 0. The quantitative estimate of drug-likeness (QED) is 0.563. The van der Waals surface area contributed by atoms with Crippen molar-refractivity contribution in [3.63, 3.8) is 0 Å². The number of carbonyl (C=O) groups is 1. The average molecular weight is 214 g/mol. The molecule has 0 amide bonds. The largest absolute Gasteiger partial charge is 0.481 e. The molecule has 1 aromatic rings. The molecule has 0 aliphatic rings. The van der Waals surface area contributed by atoms with Gasteiger partial charge in [-0.05, 0) is 6.42 Å². The Labute approximate surface area is 84.6 Å². The zero-order valence-electron chi connectivity index (χ0n) is 7.61. The summed E-state index contributed by atoms with van der Waals surface area (Å²) in [4.78, 5) is 27.9. The number of aryl methyl sites for hydroxylation is 1. The molecule has 0 aliphatic heterocycles. The van der Waals surface area contributed by atoms with Crippen LogP contribution in [0, 0.1) is 0 Å². The number of hydrogen-bond acceptors (Lipinski definition) is 4. The number of carboxylic acid groups (broad SMARTS) is 1. The highest BCUT2D eigenvalue weighted by Gasteiger charge is 2.03. The predicted octanol–water partition coefficient (Wildman–Crippen LogP) is 0.509. The summed E-state index contributed by atoms with van der Waals surface area (Å²) in [5.41, 5.74) is 0.423. The molecule has 0 atom stereocenters. The van der Waals surface area contributed by atoms with Gasteiger partial charge in [-0.1, -0.05) is 18.7 Å². The smallest absolute Gasteiger partial charge is 0.313 e. The van der Waals surface area contributed by atoms with Gasteiger partial charge >= 0.3 is 5.97 Å². The minimum atomic E-state index is -0.931. The van der Waals surface area contributed by atoms with Crippen LogP contribution in [0.2, 0.25) is 0 Å². The van der Waals surface area contributed by atoms with Crippen LogP contribution < -0.4 is 5.56 Å². The van der Waals surface area contributed by atoms with Crippen LogP contribution in [-0.2, 0) is 11.2 Å². The molecule has 0 fully saturated rings. The second-order valence-corrected chi connectivity index (χ2v) is 3.54. The first-order valence-electron chi connectivity index (χ1n) is 4.06. The Morgan fingerprint density at radius 1 is 1.71 bits per heavy atom. The lowest BCUT2D eigenvalue weighted by Crippen LogP contribution is -2.10. The van der Waals surface area contributed by atoms with Crippen molar-refractivity contribution in [3.05, 3.63) is 22.1 Å². The van der Waals surface area contributed by atoms with E-state index in [1.807, 2.05) is 6.92 Å². The molecule has 0 aromatic carbocycles. The first-order valence-corrected chi connectivity index (χ1v) is 5.05. The van der Waals surface area contributed by atoms with E-state index in [0.29, 0.717) is 17.3 Å². The van der Waals surface area contributed by atoms with Gasteiger partial charge in [0.15, 0.2) is 5.16 Å². The fourth-order valence-corrected chi connectivity index (χ4v) is 1.48. The number of nitrogens with one attached hydrogen (secondary N) is 1. The molecule has 2 N–H and O–H groups in total. The molecule has 0 saturated carbocycles. The molecule has 0 spiro atoms. The molecule has 0 radical (unpaired) electrons. The maximum absolute atomic E-state index is 11.1. The van der Waals surface area contributed by atoms with Crippen molar-refractivity contribution in [2.75, 3.05) is 5.75 Å². The molecule has 14 heavy (non-hydrogen) atoms. The van der Waals surface area contributed by atoms with Gasteiger partial charge in [-0.25, -0.2) is 4.98 Å². The van der Waals surface area contributed by atoms with Crippen LogP contribution in [0.4, 0.5) is 0 Å². The van der Waals surface area contributed by atoms with Gasteiger partial charge in [-0.15, -0.1) is 0 Å². The van der Waals surface area contributed by atoms with Crippen molar-refractivity contribution in [3.8, 4) is 0 Å². The van der Waals surface area contributed by atoms with Crippen molar-refractivity contribution in [1.82, 2.24) is 9.97 Å². The fraction of sp³-hybridized carbons (Fsp3) is 0.375. The van der Waals surface area contributed by atoms with Crippen LogP contribution in [0.3, 0.4) is 0 Å². The van der Waals surface area contributed by atoms with Gasteiger partial charge in [0.2, 0.25) is 0 Å². The van der Waals surface area contributed by atoms with E-state index in [-0.39, 0.29) is 11.3 Å². The second kappa shape index (κ2) is 4.80. The lowest BCUT2D eigenvalue weighted by Gasteiger charge is -1.99. The van der Waals surface area contributed by atoms with Crippen LogP contribution in [0.25, 0.3) is 0 Å². The zero-order chi connectivity index (χ0) is 10.6. The molecule has 1 heterocycles. The van der Waals surface area contributed by atoms with Gasteiger partial charge in [-0.2, -0.15) is 0 Å². The Morgan fingerprint density at radius 2 is 2.43 bits per heavy atom. The van der Waals surface area contributed by atoms with Crippen LogP contribution in [0.5, 0.6) is 0 Å². The second-order valence-electron chi connectivity index (χ2n) is 2.58. The van der Waals surface area contributed by atoms with Crippen LogP contribution in [0.1, 0.15) is 12.6 Å². The maximum Gasteiger partial charge on any atom is 0.313 e. The maximum atomic E-state index is 11.1. The molecule has 5 nitrogen and oxygen atoms in total. The molecule has 6 heteroatoms. The Hall–Kier alpha value is -1.30. The lowest BCUT2D eigenvalue weighted by atomic mass is 10.3. The third kappa shape index (κ3) is 3.21. The van der Waals surface area contributed by atoms with E-state index in [1.165, 1.54) is 6.07 Å². The Bertz CT molecular complexity index is 388. The Morgan fingerprint density at radius 3 is 3.00 bits per heavy atom. The molecular weight excluding hydrogens is 204 g/mol. The monoisotopic (exact) mass is 214 g/mol. The Balaban J connectivity index is 2.81. The zero-order valence-corrected chi connectivity index (χ0v) is 8.43. The first-order chi connectivity index (χ1) is 6.61. The van der Waals surface area contributed by atoms with Gasteiger partial charge in [-0.3, -0.25) is 9.59 Å². The molecule has 0 saturated heterocycles. The van der Waals surface area contributed by atoms with Crippen molar-refractivity contribution >= 4 is 17.7 Å². The number of aromatic nitrogens is 2. The minimum Gasteiger partial charge on any atom is -0.481 e. The van der Waals surface area contributed by atoms with E-state index >= 15 is 0 Å². The van der Waals surface area contributed by atoms with Crippen LogP contribution >= 0.6 is 11.8 Å². The average Bonchev–Trinajstić information content (AvgIpc) is 2.14. The first kappa shape index (κ1) is 10.8. The summed E-state index contributed by atoms with van der Waals surface area (Å²) in [5, 5.41) is 8.79. The normalized spacial score (nSPS) is 10.1. The summed E-state index contributed by atoms with van der Waals surface area (Å²) in [5.74, 6) is -1.03. The van der Waals surface area contributed by atoms with Crippen molar-refractivity contribution in [2.45, 2.75) is 18.5 Å². The van der Waals surface area contributed by atoms with E-state index in [1.54, 1.807) is 0 Å². The molecule has 1 aromatic heterocycles. The van der Waals surface area contributed by atoms with Crippen molar-refractivity contribution in [2.24, 2.45) is 0 Å². The van der Waals surface area contributed by atoms with Gasteiger partial charge in [0.25, 0.3) is 5.56 Å². The van der Waals surface area contributed by atoms with E-state index in [2.05, 4.69) is 9.97 Å². The number of aliphatic carboxylic acids is 1. The highest BCUT2D eigenvalue weighted by molar-refractivity contribution is 7.99. The highest BCUT2D eigenvalue weighted by atomic mass is 32.2. The standard InChI is InChI=1S/C8H10N2O3S/c1-2-5-3-6(11)10-8(9-5)14-4-7(12)13/h3H,2,4H2,1H3,(H,12,13)(H,9,10,11). The number of thioether (sulfide) groups is 1. The summed E-state index contributed by atoms with van der Waals surface area (Å²) < 4.78 is 0. The summed E-state index contributed by atoms with van der Waals surface area (Å²) in [6.45, 7) is 1.88. The van der Waals surface area contributed by atoms with Gasteiger partial charge in [0, 0.05) is 11.8 Å². The fourth-order valence-electron chi connectivity index (χ4n) is 0.863. The highest BCUT2D eigenvalue weighted by Crippen LogP contribution is 2.10. The molecular formula is C8H10N2O3S. The SMILES string of the molecule is CCc1cc(=O)[nH]c(SCC(=O)O)n1. The van der Waals surface area contributed by atoms with E-state index in [4.69, 9.17) is 5.11 Å². The number of carboxylic acids is 1. The van der Waals surface area contributed by atoms with Gasteiger partial charge < -0.3 is 10.1 Å². The van der Waals surface area contributed by atoms with E-state index in [9.17, 15) is 9.59 Å². The minimum absolute atomic E-state index is 0.101. The lowest BCUT2D eigenvalue weighted by molar-refractivity contribution is -0.133. The van der Waals surface area contributed by atoms with Crippen LogP contribution in [-0.4, -0.2) is 26.8 Å². The van der Waals surface area contributed by atoms with E-state index in [0.717, 1.165) is 11.8 Å². The molecule has 1 rings (SSSR count). The number of aromatic amines is 1. The van der Waals surface area contributed by atoms with Crippen molar-refractivity contribution < 1.29 is 9.90 Å². The van der Waals surface area contributed by atoms with Crippen LogP contribution in [0.15, 0.2) is 16.0 Å². The number of rotatable bonds is 4. The van der Waals surface area contributed by atoms with Gasteiger partial charge in [0.1, 0.15) is 0 Å². The number of H-pyrrole nitrogens is 1. The van der Waals surface area contributed by atoms with E-state index < -0.39 is 5.97 Å².